The highest BCUT2D eigenvalue weighted by Gasteiger charge is 2.44. The molecule has 0 radical (unpaired) electrons. The fourth-order valence-corrected chi connectivity index (χ4v) is 5.75. The summed E-state index contributed by atoms with van der Waals surface area (Å²) < 4.78 is 11.1. The number of amides is 1. The van der Waals surface area contributed by atoms with Crippen LogP contribution in [0.2, 0.25) is 0 Å². The van der Waals surface area contributed by atoms with E-state index in [-0.39, 0.29) is 12.5 Å². The summed E-state index contributed by atoms with van der Waals surface area (Å²) >= 11 is 0. The Morgan fingerprint density at radius 2 is 1.19 bits per heavy atom. The maximum Gasteiger partial charge on any atom is 0.220 e. The van der Waals surface area contributed by atoms with Crippen molar-refractivity contribution in [1.82, 2.24) is 5.32 Å². The molecule has 1 aliphatic rings. The van der Waals surface area contributed by atoms with Crippen LogP contribution in [-0.2, 0) is 14.3 Å². The summed E-state index contributed by atoms with van der Waals surface area (Å²) in [5, 5.41) is 53.8. The Bertz CT molecular complexity index is 848. The van der Waals surface area contributed by atoms with Gasteiger partial charge in [-0.25, -0.2) is 0 Å². The summed E-state index contributed by atoms with van der Waals surface area (Å²) in [6.07, 6.45) is 27.6. The van der Waals surface area contributed by atoms with Gasteiger partial charge in [-0.1, -0.05) is 121 Å². The third kappa shape index (κ3) is 21.5. The highest BCUT2D eigenvalue weighted by Crippen LogP contribution is 2.22. The lowest BCUT2D eigenvalue weighted by atomic mass is 9.99. The number of nitrogens with one attached hydrogen (secondary N) is 1. The average Bonchev–Trinajstić information content (AvgIpc) is 3.08. The van der Waals surface area contributed by atoms with E-state index in [2.05, 4.69) is 43.5 Å². The number of carbonyl (C=O) groups excluding carboxylic acids is 1. The van der Waals surface area contributed by atoms with Gasteiger partial charge in [-0.05, 0) is 57.8 Å². The third-order valence-corrected chi connectivity index (χ3v) is 8.94. The van der Waals surface area contributed by atoms with Gasteiger partial charge in [0.05, 0.1) is 25.4 Å². The van der Waals surface area contributed by atoms with Crippen LogP contribution in [0.25, 0.3) is 0 Å². The van der Waals surface area contributed by atoms with Crippen molar-refractivity contribution >= 4 is 5.91 Å². The standard InChI is InChI=1S/C39H71NO8/c1-3-5-7-9-11-13-15-16-17-18-19-21-23-25-27-29-35(43)40-32(31-47-39-38(46)37(45)36(44)34(30-41)48-39)33(42)28-26-24-22-20-14-12-10-8-6-4-2/h14,16-17,20,26,28,32-34,36-39,41-42,44-46H,3-13,15,18-19,21-25,27,29-31H2,1-2H3,(H,40,43)/b17-16+,20-14+,28-26+/t32-,33+,34-,36-,37?,38?,39-/m0/s1. The molecule has 48 heavy (non-hydrogen) atoms. The first-order chi connectivity index (χ1) is 23.3. The zero-order valence-corrected chi connectivity index (χ0v) is 30.2. The SMILES string of the molecule is CCCCCC/C=C/CC/C=C/[C@@H](O)[C@H](CO[C@H]1O[C@@H](CO)[C@H](O)C(O)C1O)NC(=O)CCCCCCC/C=C/CCCCCCCC. The van der Waals surface area contributed by atoms with Crippen molar-refractivity contribution < 1.29 is 39.8 Å². The van der Waals surface area contributed by atoms with E-state index in [0.29, 0.717) is 6.42 Å². The zero-order valence-electron chi connectivity index (χ0n) is 30.2. The minimum Gasteiger partial charge on any atom is -0.394 e. The van der Waals surface area contributed by atoms with Gasteiger partial charge < -0.3 is 40.3 Å². The van der Waals surface area contributed by atoms with E-state index >= 15 is 0 Å². The van der Waals surface area contributed by atoms with Gasteiger partial charge in [-0.3, -0.25) is 4.79 Å². The normalized spacial score (nSPS) is 23.0. The predicted octanol–water partition coefficient (Wildman–Crippen LogP) is 6.55. The molecular formula is C39H71NO8. The molecule has 6 N–H and O–H groups in total. The molecule has 1 saturated heterocycles. The Hall–Kier alpha value is -1.59. The van der Waals surface area contributed by atoms with Crippen LogP contribution in [0, 0.1) is 0 Å². The molecule has 0 aromatic heterocycles. The summed E-state index contributed by atoms with van der Waals surface area (Å²) in [7, 11) is 0. The number of ether oxygens (including phenoxy) is 2. The minimum absolute atomic E-state index is 0.200. The van der Waals surface area contributed by atoms with Crippen LogP contribution in [0.5, 0.6) is 0 Å². The average molecular weight is 682 g/mol. The van der Waals surface area contributed by atoms with Crippen LogP contribution in [0.15, 0.2) is 36.5 Å². The number of hydrogen-bond donors (Lipinski definition) is 6. The molecular weight excluding hydrogens is 610 g/mol. The third-order valence-electron chi connectivity index (χ3n) is 8.94. The summed E-state index contributed by atoms with van der Waals surface area (Å²) in [6, 6.07) is -0.821. The second-order valence-corrected chi connectivity index (χ2v) is 13.4. The quantitative estimate of drug-likeness (QED) is 0.0370. The Labute approximate surface area is 291 Å². The van der Waals surface area contributed by atoms with Crippen molar-refractivity contribution in [2.24, 2.45) is 0 Å². The number of unbranched alkanes of at least 4 members (excludes halogenated alkanes) is 16. The summed E-state index contributed by atoms with van der Waals surface area (Å²) in [5.74, 6) is -0.200. The Morgan fingerprint density at radius 3 is 1.77 bits per heavy atom. The van der Waals surface area contributed by atoms with E-state index in [1.807, 2.05) is 6.08 Å². The number of allylic oxidation sites excluding steroid dienone is 5. The molecule has 280 valence electrons. The van der Waals surface area contributed by atoms with E-state index in [1.54, 1.807) is 6.08 Å². The van der Waals surface area contributed by atoms with Crippen molar-refractivity contribution in [2.75, 3.05) is 13.2 Å². The molecule has 1 aliphatic heterocycles. The van der Waals surface area contributed by atoms with Crippen LogP contribution in [-0.4, -0.2) is 87.5 Å². The summed E-state index contributed by atoms with van der Waals surface area (Å²) in [5.41, 5.74) is 0. The molecule has 0 aromatic carbocycles. The Kier molecular flexibility index (Phi) is 28.0. The molecule has 1 fully saturated rings. The molecule has 0 aromatic rings. The van der Waals surface area contributed by atoms with Gasteiger partial charge in [0, 0.05) is 6.42 Å². The fourth-order valence-electron chi connectivity index (χ4n) is 5.75. The number of aliphatic hydroxyl groups is 5. The van der Waals surface area contributed by atoms with E-state index < -0.39 is 49.5 Å². The van der Waals surface area contributed by atoms with Crippen molar-refractivity contribution in [3.63, 3.8) is 0 Å². The fraction of sp³-hybridized carbons (Fsp3) is 0.821. The first kappa shape index (κ1) is 44.4. The molecule has 0 spiro atoms. The van der Waals surface area contributed by atoms with Gasteiger partial charge in [-0.15, -0.1) is 0 Å². The highest BCUT2D eigenvalue weighted by molar-refractivity contribution is 5.76. The van der Waals surface area contributed by atoms with E-state index in [1.165, 1.54) is 70.6 Å². The van der Waals surface area contributed by atoms with Crippen LogP contribution >= 0.6 is 0 Å². The first-order valence-electron chi connectivity index (χ1n) is 19.2. The smallest absolute Gasteiger partial charge is 0.220 e. The van der Waals surface area contributed by atoms with Crippen molar-refractivity contribution in [3.8, 4) is 0 Å². The Balaban J connectivity index is 2.46. The number of aliphatic hydroxyl groups excluding tert-OH is 5. The number of hydrogen-bond acceptors (Lipinski definition) is 8. The van der Waals surface area contributed by atoms with Gasteiger partial charge in [0.25, 0.3) is 0 Å². The van der Waals surface area contributed by atoms with Crippen LogP contribution in [0.3, 0.4) is 0 Å². The molecule has 1 heterocycles. The van der Waals surface area contributed by atoms with E-state index in [0.717, 1.165) is 57.8 Å². The number of rotatable bonds is 30. The molecule has 0 saturated carbocycles. The van der Waals surface area contributed by atoms with Crippen LogP contribution in [0.1, 0.15) is 149 Å². The van der Waals surface area contributed by atoms with Crippen molar-refractivity contribution in [3.05, 3.63) is 36.5 Å². The molecule has 1 rings (SSSR count). The lowest BCUT2D eigenvalue weighted by molar-refractivity contribution is -0.302. The van der Waals surface area contributed by atoms with Gasteiger partial charge in [0.15, 0.2) is 6.29 Å². The van der Waals surface area contributed by atoms with Crippen molar-refractivity contribution in [2.45, 2.75) is 192 Å². The van der Waals surface area contributed by atoms with Gasteiger partial charge >= 0.3 is 0 Å². The molecule has 7 atom stereocenters. The van der Waals surface area contributed by atoms with E-state index in [4.69, 9.17) is 9.47 Å². The van der Waals surface area contributed by atoms with Crippen molar-refractivity contribution in [1.29, 1.82) is 0 Å². The zero-order chi connectivity index (χ0) is 35.2. The largest absolute Gasteiger partial charge is 0.394 e. The first-order valence-corrected chi connectivity index (χ1v) is 19.2. The molecule has 9 nitrogen and oxygen atoms in total. The van der Waals surface area contributed by atoms with E-state index in [9.17, 15) is 30.3 Å². The van der Waals surface area contributed by atoms with Gasteiger partial charge in [0.2, 0.25) is 5.91 Å². The molecule has 1 amide bonds. The minimum atomic E-state index is -1.57. The van der Waals surface area contributed by atoms with Gasteiger partial charge in [0.1, 0.15) is 24.4 Å². The van der Waals surface area contributed by atoms with Gasteiger partial charge in [-0.2, -0.15) is 0 Å². The number of carbonyl (C=O) groups is 1. The maximum atomic E-state index is 12.8. The molecule has 2 unspecified atom stereocenters. The molecule has 0 bridgehead atoms. The highest BCUT2D eigenvalue weighted by atomic mass is 16.7. The van der Waals surface area contributed by atoms with Crippen LogP contribution in [0.4, 0.5) is 0 Å². The Morgan fingerprint density at radius 1 is 0.688 bits per heavy atom. The molecule has 9 heteroatoms. The van der Waals surface area contributed by atoms with Crippen LogP contribution < -0.4 is 5.32 Å². The predicted molar refractivity (Wildman–Crippen MR) is 193 cm³/mol. The summed E-state index contributed by atoms with van der Waals surface area (Å²) in [4.78, 5) is 12.8. The second-order valence-electron chi connectivity index (χ2n) is 13.4. The second kappa shape index (κ2) is 30.3. The summed E-state index contributed by atoms with van der Waals surface area (Å²) in [6.45, 7) is 3.67. The maximum absolute atomic E-state index is 12.8. The lowest BCUT2D eigenvalue weighted by Crippen LogP contribution is -2.60. The lowest BCUT2D eigenvalue weighted by Gasteiger charge is -2.40. The topological polar surface area (TPSA) is 149 Å². The monoisotopic (exact) mass is 682 g/mol. The molecule has 0 aliphatic carbocycles.